The Balaban J connectivity index is 1.41. The Labute approximate surface area is 209 Å². The molecule has 190 valence electrons. The van der Waals surface area contributed by atoms with Crippen molar-refractivity contribution in [2.24, 2.45) is 5.92 Å². The van der Waals surface area contributed by atoms with Gasteiger partial charge in [0.05, 0.1) is 23.7 Å². The summed E-state index contributed by atoms with van der Waals surface area (Å²) in [5.74, 6) is 0.819. The molecule has 9 heteroatoms. The molecule has 3 aromatic rings. The number of benzene rings is 1. The number of amides is 2. The molecule has 2 heterocycles. The Bertz CT molecular complexity index is 1300. The van der Waals surface area contributed by atoms with Crippen LogP contribution in [0, 0.1) is 19.8 Å². The van der Waals surface area contributed by atoms with Crippen LogP contribution in [0.5, 0.6) is 5.75 Å². The van der Waals surface area contributed by atoms with E-state index in [9.17, 15) is 14.0 Å². The molecule has 5 rings (SSSR count). The number of aromatic amines is 1. The maximum atomic E-state index is 14.9. The van der Waals surface area contributed by atoms with E-state index in [0.29, 0.717) is 53.4 Å². The average molecular weight is 494 g/mol. The number of fused-ring (bicyclic) bond motifs is 1. The summed E-state index contributed by atoms with van der Waals surface area (Å²) >= 11 is 0. The fraction of sp³-hybridized carbons (Fsp3) is 0.481. The first-order valence-electron chi connectivity index (χ1n) is 12.6. The number of ether oxygens (including phenoxy) is 1. The van der Waals surface area contributed by atoms with Gasteiger partial charge in [0.1, 0.15) is 29.5 Å². The third-order valence-corrected chi connectivity index (χ3v) is 7.06. The van der Waals surface area contributed by atoms with Crippen molar-refractivity contribution in [2.45, 2.75) is 71.1 Å². The number of aromatic nitrogens is 3. The zero-order valence-electron chi connectivity index (χ0n) is 20.9. The minimum Gasteiger partial charge on any atom is -0.493 e. The molecule has 2 amide bonds. The molecule has 0 bridgehead atoms. The van der Waals surface area contributed by atoms with Crippen LogP contribution in [0.1, 0.15) is 60.6 Å². The van der Waals surface area contributed by atoms with Gasteiger partial charge in [-0.15, -0.1) is 0 Å². The lowest BCUT2D eigenvalue weighted by Gasteiger charge is -2.32. The highest BCUT2D eigenvalue weighted by Gasteiger charge is 2.33. The van der Waals surface area contributed by atoms with Crippen LogP contribution in [-0.4, -0.2) is 51.6 Å². The van der Waals surface area contributed by atoms with Crippen LogP contribution in [0.25, 0.3) is 22.3 Å². The van der Waals surface area contributed by atoms with E-state index in [-0.39, 0.29) is 24.3 Å². The van der Waals surface area contributed by atoms with E-state index < -0.39 is 12.2 Å². The van der Waals surface area contributed by atoms with Gasteiger partial charge >= 0.3 is 0 Å². The SMILES string of the molecule is CC(=O)N[C@@H]1CC[C@H](NC(=O)c2c(C)[nH]c3c(-c4cc(C)ccc4OCC4CC4)ncnc23)[C@H](F)C1. The molecule has 1 aromatic carbocycles. The molecule has 0 unspecified atom stereocenters. The molecule has 3 N–H and O–H groups in total. The summed E-state index contributed by atoms with van der Waals surface area (Å²) < 4.78 is 21.0. The zero-order valence-corrected chi connectivity index (χ0v) is 20.9. The number of hydrogen-bond donors (Lipinski definition) is 3. The highest BCUT2D eigenvalue weighted by atomic mass is 19.1. The number of aryl methyl sites for hydroxylation is 2. The van der Waals surface area contributed by atoms with Crippen LogP contribution >= 0.6 is 0 Å². The third kappa shape index (κ3) is 5.05. The van der Waals surface area contributed by atoms with E-state index in [1.807, 2.05) is 32.0 Å². The van der Waals surface area contributed by atoms with Crippen LogP contribution in [-0.2, 0) is 4.79 Å². The number of alkyl halides is 1. The fourth-order valence-corrected chi connectivity index (χ4v) is 4.99. The highest BCUT2D eigenvalue weighted by Crippen LogP contribution is 2.37. The number of nitrogens with zero attached hydrogens (tertiary/aromatic N) is 2. The lowest BCUT2D eigenvalue weighted by Crippen LogP contribution is -2.49. The Morgan fingerprint density at radius 3 is 2.67 bits per heavy atom. The predicted octanol–water partition coefficient (Wildman–Crippen LogP) is 4.16. The van der Waals surface area contributed by atoms with Crippen molar-refractivity contribution >= 4 is 22.8 Å². The third-order valence-electron chi connectivity index (χ3n) is 7.06. The van der Waals surface area contributed by atoms with E-state index >= 15 is 0 Å². The van der Waals surface area contributed by atoms with Crippen LogP contribution in [0.2, 0.25) is 0 Å². The van der Waals surface area contributed by atoms with Gasteiger partial charge in [-0.05, 0) is 57.6 Å². The molecule has 0 aliphatic heterocycles. The molecular weight excluding hydrogens is 461 g/mol. The van der Waals surface area contributed by atoms with Gasteiger partial charge in [0.2, 0.25) is 5.91 Å². The number of rotatable bonds is 7. The quantitative estimate of drug-likeness (QED) is 0.458. The molecule has 2 fully saturated rings. The minimum absolute atomic E-state index is 0.172. The predicted molar refractivity (Wildman–Crippen MR) is 135 cm³/mol. The lowest BCUT2D eigenvalue weighted by atomic mass is 9.89. The van der Waals surface area contributed by atoms with Gasteiger partial charge in [-0.1, -0.05) is 11.6 Å². The van der Waals surface area contributed by atoms with Crippen LogP contribution in [0.15, 0.2) is 24.5 Å². The Morgan fingerprint density at radius 2 is 1.94 bits per heavy atom. The second-order valence-corrected chi connectivity index (χ2v) is 10.1. The number of carbonyl (C=O) groups is 2. The van der Waals surface area contributed by atoms with Crippen LogP contribution < -0.4 is 15.4 Å². The molecule has 0 radical (unpaired) electrons. The number of hydrogen-bond acceptors (Lipinski definition) is 5. The van der Waals surface area contributed by atoms with Gasteiger partial charge in [-0.25, -0.2) is 14.4 Å². The topological polar surface area (TPSA) is 109 Å². The van der Waals surface area contributed by atoms with Gasteiger partial charge in [-0.3, -0.25) is 9.59 Å². The average Bonchev–Trinajstić information content (AvgIpc) is 3.59. The van der Waals surface area contributed by atoms with E-state index in [2.05, 4.69) is 25.6 Å². The van der Waals surface area contributed by atoms with Gasteiger partial charge in [0.15, 0.2) is 0 Å². The fourth-order valence-electron chi connectivity index (χ4n) is 4.99. The second-order valence-electron chi connectivity index (χ2n) is 10.1. The van der Waals surface area contributed by atoms with Crippen molar-refractivity contribution < 1.29 is 18.7 Å². The van der Waals surface area contributed by atoms with Crippen LogP contribution in [0.4, 0.5) is 4.39 Å². The summed E-state index contributed by atoms with van der Waals surface area (Å²) in [4.78, 5) is 36.9. The highest BCUT2D eigenvalue weighted by molar-refractivity contribution is 6.09. The summed E-state index contributed by atoms with van der Waals surface area (Å²) in [5.41, 5.74) is 4.74. The largest absolute Gasteiger partial charge is 0.493 e. The summed E-state index contributed by atoms with van der Waals surface area (Å²) in [6.07, 6.45) is 3.84. The van der Waals surface area contributed by atoms with E-state index in [1.54, 1.807) is 0 Å². The molecule has 3 atom stereocenters. The normalized spacial score (nSPS) is 21.8. The first-order valence-corrected chi connectivity index (χ1v) is 12.6. The lowest BCUT2D eigenvalue weighted by molar-refractivity contribution is -0.120. The molecule has 0 spiro atoms. The number of carbonyl (C=O) groups excluding carboxylic acids is 2. The van der Waals surface area contributed by atoms with Crippen molar-refractivity contribution in [2.75, 3.05) is 6.61 Å². The van der Waals surface area contributed by atoms with E-state index in [1.165, 1.54) is 26.1 Å². The van der Waals surface area contributed by atoms with Crippen LogP contribution in [0.3, 0.4) is 0 Å². The van der Waals surface area contributed by atoms with Crippen molar-refractivity contribution in [1.82, 2.24) is 25.6 Å². The van der Waals surface area contributed by atoms with Gasteiger partial charge in [-0.2, -0.15) is 0 Å². The first kappa shape index (κ1) is 24.2. The zero-order chi connectivity index (χ0) is 25.4. The maximum Gasteiger partial charge on any atom is 0.255 e. The summed E-state index contributed by atoms with van der Waals surface area (Å²) in [5, 5.41) is 5.64. The van der Waals surface area contributed by atoms with Crippen molar-refractivity contribution in [3.05, 3.63) is 41.3 Å². The summed E-state index contributed by atoms with van der Waals surface area (Å²) in [7, 11) is 0. The Morgan fingerprint density at radius 1 is 1.14 bits per heavy atom. The monoisotopic (exact) mass is 493 g/mol. The van der Waals surface area contributed by atoms with Gasteiger partial charge in [0, 0.05) is 30.6 Å². The second kappa shape index (κ2) is 9.87. The molecule has 2 aromatic heterocycles. The molecular formula is C27H32FN5O3. The molecule has 2 aliphatic rings. The smallest absolute Gasteiger partial charge is 0.255 e. The minimum atomic E-state index is -1.24. The number of halogens is 1. The van der Waals surface area contributed by atoms with Gasteiger partial charge in [0.25, 0.3) is 5.91 Å². The molecule has 36 heavy (non-hydrogen) atoms. The molecule has 8 nitrogen and oxygen atoms in total. The molecule has 2 saturated carbocycles. The Kier molecular flexibility index (Phi) is 6.64. The van der Waals surface area contributed by atoms with Crippen molar-refractivity contribution in [3.8, 4) is 17.0 Å². The number of nitrogens with one attached hydrogen (secondary N) is 3. The standard InChI is InChI=1S/C27H32FN5O3/c1-14-4-9-22(36-12-17-5-6-17)19(10-14)24-26-25(30-13-29-24)23(15(2)31-26)27(35)33-21-8-7-18(11-20(21)28)32-16(3)34/h4,9-10,13,17-18,20-21,31H,5-8,11-12H2,1-3H3,(H,32,34)(H,33,35)/t18-,20-,21+/m1/s1. The maximum absolute atomic E-state index is 14.9. The molecule has 2 aliphatic carbocycles. The van der Waals surface area contributed by atoms with Crippen molar-refractivity contribution in [1.29, 1.82) is 0 Å². The summed E-state index contributed by atoms with van der Waals surface area (Å²) in [6, 6.07) is 5.18. The first-order chi connectivity index (χ1) is 17.3. The molecule has 0 saturated heterocycles. The number of H-pyrrole nitrogens is 1. The Hall–Kier alpha value is -3.49. The van der Waals surface area contributed by atoms with Gasteiger partial charge < -0.3 is 20.4 Å². The van der Waals surface area contributed by atoms with E-state index in [4.69, 9.17) is 4.74 Å². The summed E-state index contributed by atoms with van der Waals surface area (Å²) in [6.45, 7) is 5.92. The van der Waals surface area contributed by atoms with E-state index in [0.717, 1.165) is 16.9 Å². The van der Waals surface area contributed by atoms with Crippen molar-refractivity contribution in [3.63, 3.8) is 0 Å².